The van der Waals surface area contributed by atoms with E-state index in [0.29, 0.717) is 0 Å². The van der Waals surface area contributed by atoms with Crippen LogP contribution >= 0.6 is 0 Å². The smallest absolute Gasteiger partial charge is 0.0491 e. The Morgan fingerprint density at radius 3 is 2.42 bits per heavy atom. The molecule has 3 nitrogen and oxygen atoms in total. The Kier molecular flexibility index (Phi) is 8.67. The lowest BCUT2D eigenvalue weighted by Gasteiger charge is -2.32. The molecule has 19 heavy (non-hydrogen) atoms. The molecule has 1 saturated heterocycles. The summed E-state index contributed by atoms with van der Waals surface area (Å²) in [6, 6.07) is 0. The van der Waals surface area contributed by atoms with Gasteiger partial charge in [0.1, 0.15) is 0 Å². The van der Waals surface area contributed by atoms with Gasteiger partial charge in [0.15, 0.2) is 0 Å². The molecule has 0 radical (unpaired) electrons. The molecule has 3 heteroatoms. The van der Waals surface area contributed by atoms with Crippen LogP contribution in [0.2, 0.25) is 0 Å². The van der Waals surface area contributed by atoms with Crippen molar-refractivity contribution in [3.8, 4) is 0 Å². The first-order chi connectivity index (χ1) is 9.17. The van der Waals surface area contributed by atoms with E-state index in [1.165, 1.54) is 51.7 Å². The van der Waals surface area contributed by atoms with E-state index in [-0.39, 0.29) is 0 Å². The Balaban J connectivity index is 2.12. The summed E-state index contributed by atoms with van der Waals surface area (Å²) in [7, 11) is 1.82. The molecular formula is C16H34N2O. The Morgan fingerprint density at radius 1 is 1.21 bits per heavy atom. The minimum Gasteiger partial charge on any atom is -0.384 e. The average Bonchev–Trinajstić information content (AvgIpc) is 2.40. The van der Waals surface area contributed by atoms with Gasteiger partial charge in [-0.15, -0.1) is 0 Å². The van der Waals surface area contributed by atoms with Gasteiger partial charge in [0.25, 0.3) is 0 Å². The van der Waals surface area contributed by atoms with Gasteiger partial charge in [0.2, 0.25) is 0 Å². The number of nitrogens with zero attached hydrogens (tertiary/aromatic N) is 1. The zero-order chi connectivity index (χ0) is 14.1. The second-order valence-corrected chi connectivity index (χ2v) is 6.46. The van der Waals surface area contributed by atoms with Crippen molar-refractivity contribution in [2.75, 3.05) is 39.9 Å². The molecule has 1 atom stereocenters. The van der Waals surface area contributed by atoms with Crippen molar-refractivity contribution in [2.45, 2.75) is 46.0 Å². The van der Waals surface area contributed by atoms with Crippen LogP contribution in [-0.4, -0.2) is 44.8 Å². The van der Waals surface area contributed by atoms with Crippen LogP contribution in [0.15, 0.2) is 0 Å². The van der Waals surface area contributed by atoms with E-state index in [2.05, 4.69) is 18.7 Å². The number of likely N-dealkylation sites (tertiary alicyclic amines) is 1. The molecule has 2 N–H and O–H groups in total. The first-order valence-electron chi connectivity index (χ1n) is 8.08. The van der Waals surface area contributed by atoms with Gasteiger partial charge < -0.3 is 15.4 Å². The molecule has 1 unspecified atom stereocenters. The normalized spacial score (nSPS) is 20.1. The predicted octanol–water partition coefficient (Wildman–Crippen LogP) is 2.75. The predicted molar refractivity (Wildman–Crippen MR) is 82.3 cm³/mol. The van der Waals surface area contributed by atoms with Gasteiger partial charge in [-0.2, -0.15) is 0 Å². The van der Waals surface area contributed by atoms with E-state index in [1.54, 1.807) is 0 Å². The topological polar surface area (TPSA) is 38.5 Å². The third-order valence-electron chi connectivity index (χ3n) is 4.64. The summed E-state index contributed by atoms with van der Waals surface area (Å²) in [6.45, 7) is 10.2. The van der Waals surface area contributed by atoms with Crippen LogP contribution < -0.4 is 5.73 Å². The quantitative estimate of drug-likeness (QED) is 0.700. The maximum atomic E-state index is 5.70. The molecule has 0 aromatic rings. The number of ether oxygens (including phenoxy) is 1. The van der Waals surface area contributed by atoms with E-state index < -0.39 is 0 Å². The van der Waals surface area contributed by atoms with Crippen molar-refractivity contribution in [2.24, 2.45) is 23.5 Å². The van der Waals surface area contributed by atoms with Crippen LogP contribution in [0.3, 0.4) is 0 Å². The molecule has 0 amide bonds. The Morgan fingerprint density at radius 2 is 1.89 bits per heavy atom. The second kappa shape index (κ2) is 9.73. The van der Waals surface area contributed by atoms with E-state index in [1.807, 2.05) is 7.11 Å². The summed E-state index contributed by atoms with van der Waals surface area (Å²) in [5.74, 6) is 2.38. The van der Waals surface area contributed by atoms with Crippen molar-refractivity contribution in [1.82, 2.24) is 4.90 Å². The molecule has 0 saturated carbocycles. The molecule has 1 heterocycles. The standard InChI is InChI=1S/C16H34N2O/c1-14(2)16(6-9-17)5-4-10-18-11-7-15(8-12-18)13-19-3/h14-16H,4-13,17H2,1-3H3. The first-order valence-corrected chi connectivity index (χ1v) is 8.08. The number of hydrogen-bond acceptors (Lipinski definition) is 3. The summed E-state index contributed by atoms with van der Waals surface area (Å²) >= 11 is 0. The first kappa shape index (κ1) is 16.9. The molecule has 0 aromatic carbocycles. The van der Waals surface area contributed by atoms with Crippen molar-refractivity contribution in [3.63, 3.8) is 0 Å². The van der Waals surface area contributed by atoms with E-state index in [0.717, 1.165) is 30.9 Å². The Bertz CT molecular complexity index is 213. The third-order valence-corrected chi connectivity index (χ3v) is 4.64. The molecule has 0 bridgehead atoms. The highest BCUT2D eigenvalue weighted by Gasteiger charge is 2.19. The minimum atomic E-state index is 0.774. The molecule has 0 aromatic heterocycles. The fourth-order valence-corrected chi connectivity index (χ4v) is 3.21. The van der Waals surface area contributed by atoms with Crippen molar-refractivity contribution >= 4 is 0 Å². The SMILES string of the molecule is COCC1CCN(CCCC(CCN)C(C)C)CC1. The lowest BCUT2D eigenvalue weighted by molar-refractivity contribution is 0.0978. The highest BCUT2D eigenvalue weighted by atomic mass is 16.5. The van der Waals surface area contributed by atoms with Crippen LogP contribution in [0.4, 0.5) is 0 Å². The molecule has 114 valence electrons. The minimum absolute atomic E-state index is 0.774. The number of hydrogen-bond donors (Lipinski definition) is 1. The molecular weight excluding hydrogens is 236 g/mol. The summed E-state index contributed by atoms with van der Waals surface area (Å²) in [5, 5.41) is 0. The van der Waals surface area contributed by atoms with Gasteiger partial charge >= 0.3 is 0 Å². The third kappa shape index (κ3) is 6.73. The van der Waals surface area contributed by atoms with Crippen LogP contribution in [0.1, 0.15) is 46.0 Å². The molecule has 0 spiro atoms. The number of methoxy groups -OCH3 is 1. The van der Waals surface area contributed by atoms with Crippen molar-refractivity contribution in [3.05, 3.63) is 0 Å². The van der Waals surface area contributed by atoms with Crippen LogP contribution in [0.25, 0.3) is 0 Å². The van der Waals surface area contributed by atoms with E-state index in [9.17, 15) is 0 Å². The zero-order valence-electron chi connectivity index (χ0n) is 13.2. The monoisotopic (exact) mass is 270 g/mol. The Hall–Kier alpha value is -0.120. The molecule has 0 aliphatic carbocycles. The molecule has 1 fully saturated rings. The van der Waals surface area contributed by atoms with E-state index in [4.69, 9.17) is 10.5 Å². The van der Waals surface area contributed by atoms with E-state index >= 15 is 0 Å². The number of piperidine rings is 1. The molecule has 1 aliphatic heterocycles. The summed E-state index contributed by atoms with van der Waals surface area (Å²) in [6.07, 6.45) is 6.48. The van der Waals surface area contributed by atoms with Gasteiger partial charge in [0.05, 0.1) is 0 Å². The lowest BCUT2D eigenvalue weighted by atomic mass is 9.88. The maximum absolute atomic E-state index is 5.70. The summed E-state index contributed by atoms with van der Waals surface area (Å²) < 4.78 is 5.25. The summed E-state index contributed by atoms with van der Waals surface area (Å²) in [4.78, 5) is 2.63. The highest BCUT2D eigenvalue weighted by Crippen LogP contribution is 2.22. The fourth-order valence-electron chi connectivity index (χ4n) is 3.21. The summed E-state index contributed by atoms with van der Waals surface area (Å²) in [5.41, 5.74) is 5.70. The van der Waals surface area contributed by atoms with Gasteiger partial charge in [-0.05, 0) is 76.0 Å². The largest absolute Gasteiger partial charge is 0.384 e. The second-order valence-electron chi connectivity index (χ2n) is 6.46. The lowest BCUT2D eigenvalue weighted by Crippen LogP contribution is -2.35. The van der Waals surface area contributed by atoms with Gasteiger partial charge in [-0.3, -0.25) is 0 Å². The highest BCUT2D eigenvalue weighted by molar-refractivity contribution is 4.73. The van der Waals surface area contributed by atoms with Crippen LogP contribution in [0.5, 0.6) is 0 Å². The zero-order valence-corrected chi connectivity index (χ0v) is 13.2. The van der Waals surface area contributed by atoms with Crippen LogP contribution in [0, 0.1) is 17.8 Å². The van der Waals surface area contributed by atoms with Gasteiger partial charge in [-0.25, -0.2) is 0 Å². The van der Waals surface area contributed by atoms with Crippen molar-refractivity contribution in [1.29, 1.82) is 0 Å². The molecule has 1 aliphatic rings. The maximum Gasteiger partial charge on any atom is 0.0491 e. The fraction of sp³-hybridized carbons (Fsp3) is 1.00. The van der Waals surface area contributed by atoms with Crippen LogP contribution in [-0.2, 0) is 4.74 Å². The average molecular weight is 270 g/mol. The Labute approximate surface area is 119 Å². The van der Waals surface area contributed by atoms with Crippen molar-refractivity contribution < 1.29 is 4.74 Å². The van der Waals surface area contributed by atoms with Gasteiger partial charge in [-0.1, -0.05) is 13.8 Å². The number of nitrogens with two attached hydrogens (primary N) is 1. The van der Waals surface area contributed by atoms with Gasteiger partial charge in [0, 0.05) is 13.7 Å². The number of rotatable bonds is 9. The molecule has 1 rings (SSSR count).